The summed E-state index contributed by atoms with van der Waals surface area (Å²) in [6, 6.07) is 0. The molecule has 0 aromatic carbocycles. The van der Waals surface area contributed by atoms with E-state index in [1.165, 1.54) is 5.57 Å². The van der Waals surface area contributed by atoms with Crippen molar-refractivity contribution in [3.8, 4) is 0 Å². The first kappa shape index (κ1) is 8.02. The highest BCUT2D eigenvalue weighted by Crippen LogP contribution is 2.04. The first-order chi connectivity index (χ1) is 5.43. The summed E-state index contributed by atoms with van der Waals surface area (Å²) in [6.07, 6.45) is 15.2. The van der Waals surface area contributed by atoms with Gasteiger partial charge >= 0.3 is 0 Å². The number of hydrogen-bond donors (Lipinski definition) is 1. The predicted molar refractivity (Wildman–Crippen MR) is 49.2 cm³/mol. The highest BCUT2D eigenvalue weighted by Gasteiger charge is 1.88. The molecule has 0 radical (unpaired) electrons. The molecule has 1 nitrogen and oxygen atoms in total. The number of hydrogen-bond acceptors (Lipinski definition) is 1. The van der Waals surface area contributed by atoms with Crippen LogP contribution in [-0.2, 0) is 0 Å². The van der Waals surface area contributed by atoms with Gasteiger partial charge in [0.15, 0.2) is 0 Å². The highest BCUT2D eigenvalue weighted by molar-refractivity contribution is 5.30. The second-order valence-electron chi connectivity index (χ2n) is 2.41. The van der Waals surface area contributed by atoms with E-state index in [0.29, 0.717) is 6.54 Å². The molecule has 1 aliphatic rings. The smallest absolute Gasteiger partial charge is 0.00367 e. The Bertz CT molecular complexity index is 219. The molecule has 0 unspecified atom stereocenters. The Morgan fingerprint density at radius 3 is 2.55 bits per heavy atom. The number of nitrogens with two attached hydrogens (primary N) is 1. The lowest BCUT2D eigenvalue weighted by atomic mass is 10.1. The predicted octanol–water partition coefficient (Wildman–Crippen LogP) is 1.94. The van der Waals surface area contributed by atoms with Crippen LogP contribution >= 0.6 is 0 Å². The van der Waals surface area contributed by atoms with Crippen molar-refractivity contribution in [2.24, 2.45) is 5.73 Å². The van der Waals surface area contributed by atoms with Crippen molar-refractivity contribution in [2.45, 2.75) is 6.42 Å². The minimum absolute atomic E-state index is 0.716. The van der Waals surface area contributed by atoms with E-state index in [2.05, 4.69) is 12.2 Å². The van der Waals surface area contributed by atoms with Crippen molar-refractivity contribution in [2.75, 3.05) is 6.54 Å². The summed E-state index contributed by atoms with van der Waals surface area (Å²) in [5, 5.41) is 0. The molecule has 2 N–H and O–H groups in total. The van der Waals surface area contributed by atoms with Gasteiger partial charge in [0.05, 0.1) is 0 Å². The third kappa shape index (κ3) is 3.01. The topological polar surface area (TPSA) is 26.0 Å². The normalized spacial score (nSPS) is 29.4. The number of rotatable bonds is 2. The molecule has 0 saturated carbocycles. The molecular weight excluding hydrogens is 134 g/mol. The first-order valence-corrected chi connectivity index (χ1v) is 3.84. The lowest BCUT2D eigenvalue weighted by molar-refractivity contribution is 0.973. The van der Waals surface area contributed by atoms with Crippen LogP contribution < -0.4 is 5.73 Å². The van der Waals surface area contributed by atoms with Crippen LogP contribution in [0.4, 0.5) is 0 Å². The van der Waals surface area contributed by atoms with Gasteiger partial charge in [0.1, 0.15) is 0 Å². The third-order valence-corrected chi connectivity index (χ3v) is 1.50. The van der Waals surface area contributed by atoms with Gasteiger partial charge in [-0.25, -0.2) is 0 Å². The molecule has 0 fully saturated rings. The summed E-state index contributed by atoms with van der Waals surface area (Å²) in [6.45, 7) is 0.716. The Labute approximate surface area is 67.6 Å². The molecule has 0 aromatic rings. The lowest BCUT2D eigenvalue weighted by Crippen LogP contribution is -1.98. The molecule has 0 amide bonds. The fourth-order valence-corrected chi connectivity index (χ4v) is 0.940. The maximum atomic E-state index is 5.43. The molecule has 0 saturated heterocycles. The van der Waals surface area contributed by atoms with Crippen LogP contribution in [0.5, 0.6) is 0 Å². The zero-order valence-electron chi connectivity index (χ0n) is 6.53. The summed E-state index contributed by atoms with van der Waals surface area (Å²) in [4.78, 5) is 0. The maximum absolute atomic E-state index is 5.43. The molecule has 0 atom stereocenters. The van der Waals surface area contributed by atoms with E-state index in [1.54, 1.807) is 0 Å². The Hall–Kier alpha value is -1.08. The van der Waals surface area contributed by atoms with E-state index < -0.39 is 0 Å². The summed E-state index contributed by atoms with van der Waals surface area (Å²) in [5.74, 6) is 0. The lowest BCUT2D eigenvalue weighted by Gasteiger charge is -1.97. The van der Waals surface area contributed by atoms with E-state index in [-0.39, 0.29) is 0 Å². The average molecular weight is 147 g/mol. The molecule has 0 aliphatic heterocycles. The molecule has 0 aromatic heterocycles. The molecule has 0 spiro atoms. The molecule has 0 heterocycles. The van der Waals surface area contributed by atoms with Crippen LogP contribution in [0.15, 0.2) is 48.1 Å². The molecule has 58 valence electrons. The SMILES string of the molecule is NCCC1=C/C=C\C=C/C=C\1. The van der Waals surface area contributed by atoms with Crippen molar-refractivity contribution >= 4 is 0 Å². The van der Waals surface area contributed by atoms with E-state index in [4.69, 9.17) is 5.73 Å². The Morgan fingerprint density at radius 1 is 1.00 bits per heavy atom. The van der Waals surface area contributed by atoms with Crippen molar-refractivity contribution in [1.29, 1.82) is 0 Å². The molecule has 1 rings (SSSR count). The van der Waals surface area contributed by atoms with Crippen molar-refractivity contribution in [3.63, 3.8) is 0 Å². The quantitative estimate of drug-likeness (QED) is 0.634. The van der Waals surface area contributed by atoms with Gasteiger partial charge in [0, 0.05) is 0 Å². The molecular formula is C10H13N. The van der Waals surface area contributed by atoms with Crippen molar-refractivity contribution in [1.82, 2.24) is 0 Å². The fraction of sp³-hybridized carbons (Fsp3) is 0.200. The molecule has 1 heteroatoms. The molecule has 11 heavy (non-hydrogen) atoms. The summed E-state index contributed by atoms with van der Waals surface area (Å²) in [5.41, 5.74) is 6.72. The standard InChI is InChI=1S/C10H13N/c11-9-8-10-6-4-2-1-3-5-7-10/h1-7H,8-9,11H2/b2-1-,3-1?,4-2?,5-3-,6-4-,7-5?,10-6?,10-7+. The number of allylic oxidation sites excluding steroid dienone is 7. The van der Waals surface area contributed by atoms with Crippen LogP contribution in [0, 0.1) is 0 Å². The minimum Gasteiger partial charge on any atom is -0.330 e. The highest BCUT2D eigenvalue weighted by atomic mass is 14.5. The van der Waals surface area contributed by atoms with Crippen LogP contribution in [0.2, 0.25) is 0 Å². The van der Waals surface area contributed by atoms with E-state index >= 15 is 0 Å². The Kier molecular flexibility index (Phi) is 3.42. The van der Waals surface area contributed by atoms with Gasteiger partial charge in [0.2, 0.25) is 0 Å². The zero-order chi connectivity index (χ0) is 7.94. The Balaban J connectivity index is 2.62. The van der Waals surface area contributed by atoms with Crippen LogP contribution in [0.1, 0.15) is 6.42 Å². The van der Waals surface area contributed by atoms with Gasteiger partial charge in [-0.3, -0.25) is 0 Å². The third-order valence-electron chi connectivity index (χ3n) is 1.50. The Morgan fingerprint density at radius 2 is 1.73 bits per heavy atom. The maximum Gasteiger partial charge on any atom is -0.00367 e. The summed E-state index contributed by atoms with van der Waals surface area (Å²) < 4.78 is 0. The van der Waals surface area contributed by atoms with Gasteiger partial charge in [-0.2, -0.15) is 0 Å². The van der Waals surface area contributed by atoms with Gasteiger partial charge in [-0.1, -0.05) is 42.5 Å². The van der Waals surface area contributed by atoms with E-state index in [9.17, 15) is 0 Å². The van der Waals surface area contributed by atoms with Gasteiger partial charge in [0.25, 0.3) is 0 Å². The second kappa shape index (κ2) is 4.69. The first-order valence-electron chi connectivity index (χ1n) is 3.84. The second-order valence-corrected chi connectivity index (χ2v) is 2.41. The van der Waals surface area contributed by atoms with E-state index in [1.807, 2.05) is 30.4 Å². The van der Waals surface area contributed by atoms with Gasteiger partial charge in [-0.15, -0.1) is 0 Å². The van der Waals surface area contributed by atoms with Crippen molar-refractivity contribution < 1.29 is 0 Å². The monoisotopic (exact) mass is 147 g/mol. The van der Waals surface area contributed by atoms with Crippen molar-refractivity contribution in [3.05, 3.63) is 48.1 Å². The van der Waals surface area contributed by atoms with Crippen LogP contribution in [0.25, 0.3) is 0 Å². The zero-order valence-corrected chi connectivity index (χ0v) is 6.53. The van der Waals surface area contributed by atoms with Crippen LogP contribution in [0.3, 0.4) is 0 Å². The molecule has 1 aliphatic carbocycles. The fourth-order valence-electron chi connectivity index (χ4n) is 0.940. The summed E-state index contributed by atoms with van der Waals surface area (Å²) in [7, 11) is 0. The minimum atomic E-state index is 0.716. The van der Waals surface area contributed by atoms with Gasteiger partial charge in [-0.05, 0) is 18.5 Å². The average Bonchev–Trinajstić information content (AvgIpc) is 1.94. The largest absolute Gasteiger partial charge is 0.330 e. The van der Waals surface area contributed by atoms with Crippen LogP contribution in [-0.4, -0.2) is 6.54 Å². The van der Waals surface area contributed by atoms with E-state index in [0.717, 1.165) is 6.42 Å². The van der Waals surface area contributed by atoms with Gasteiger partial charge < -0.3 is 5.73 Å². The molecule has 0 bridgehead atoms. The summed E-state index contributed by atoms with van der Waals surface area (Å²) >= 11 is 0.